The Morgan fingerprint density at radius 3 is 3.00 bits per heavy atom. The number of hydrogen-bond acceptors (Lipinski definition) is 7. The highest BCUT2D eigenvalue weighted by Crippen LogP contribution is 2.24. The summed E-state index contributed by atoms with van der Waals surface area (Å²) in [5, 5.41) is 11.9. The van der Waals surface area contributed by atoms with Crippen LogP contribution in [0.4, 0.5) is 5.82 Å². The average molecular weight is 302 g/mol. The van der Waals surface area contributed by atoms with Crippen molar-refractivity contribution in [3.8, 4) is 5.75 Å². The van der Waals surface area contributed by atoms with Gasteiger partial charge in [0.15, 0.2) is 11.6 Å². The Morgan fingerprint density at radius 2 is 2.19 bits per heavy atom. The van der Waals surface area contributed by atoms with Crippen molar-refractivity contribution in [3.05, 3.63) is 47.1 Å². The molecule has 0 fully saturated rings. The summed E-state index contributed by atoms with van der Waals surface area (Å²) < 4.78 is 5.66. The minimum atomic E-state index is -0.0178. The van der Waals surface area contributed by atoms with E-state index in [-0.39, 0.29) is 13.2 Å². The van der Waals surface area contributed by atoms with Gasteiger partial charge in [0.25, 0.3) is 0 Å². The molecular formula is C14H14N4O2S. The Bertz CT molecular complexity index is 760. The summed E-state index contributed by atoms with van der Waals surface area (Å²) in [5.41, 5.74) is 3.38. The summed E-state index contributed by atoms with van der Waals surface area (Å²) in [7, 11) is 0. The fraction of sp³-hybridized carbons (Fsp3) is 0.143. The largest absolute Gasteiger partial charge is 0.486 e. The van der Waals surface area contributed by atoms with Crippen molar-refractivity contribution in [1.29, 1.82) is 0 Å². The zero-order chi connectivity index (χ0) is 14.7. The first-order chi connectivity index (χ1) is 10.3. The maximum absolute atomic E-state index is 9.11. The quantitative estimate of drug-likeness (QED) is 0.493. The van der Waals surface area contributed by atoms with Gasteiger partial charge in [0, 0.05) is 0 Å². The number of nitrogens with two attached hydrogens (primary N) is 1. The van der Waals surface area contributed by atoms with E-state index in [4.69, 9.17) is 15.7 Å². The SMILES string of the molecule is NNc1nc(COc2cccc(CO)c2)nc2sccc12. The van der Waals surface area contributed by atoms with Crippen LogP contribution in [0.1, 0.15) is 11.4 Å². The van der Waals surface area contributed by atoms with E-state index >= 15 is 0 Å². The van der Waals surface area contributed by atoms with Gasteiger partial charge in [-0.05, 0) is 29.1 Å². The van der Waals surface area contributed by atoms with Gasteiger partial charge in [0.1, 0.15) is 17.2 Å². The smallest absolute Gasteiger partial charge is 0.169 e. The van der Waals surface area contributed by atoms with Crippen LogP contribution in [0.2, 0.25) is 0 Å². The van der Waals surface area contributed by atoms with Crippen molar-refractivity contribution in [2.45, 2.75) is 13.2 Å². The first-order valence-electron chi connectivity index (χ1n) is 6.33. The lowest BCUT2D eigenvalue weighted by Gasteiger charge is -2.08. The molecule has 21 heavy (non-hydrogen) atoms. The van der Waals surface area contributed by atoms with Gasteiger partial charge in [-0.1, -0.05) is 12.1 Å². The van der Waals surface area contributed by atoms with E-state index in [1.165, 1.54) is 11.3 Å². The molecule has 1 aromatic carbocycles. The van der Waals surface area contributed by atoms with Crippen molar-refractivity contribution >= 4 is 27.4 Å². The molecule has 0 radical (unpaired) electrons. The monoisotopic (exact) mass is 302 g/mol. The molecule has 0 spiro atoms. The number of anilines is 1. The van der Waals surface area contributed by atoms with E-state index in [2.05, 4.69) is 15.4 Å². The standard InChI is InChI=1S/C14H14N4O2S/c15-18-13-11-4-5-21-14(11)17-12(16-13)8-20-10-3-1-2-9(6-10)7-19/h1-6,19H,7-8,15H2,(H,16,17,18). The number of nitrogen functional groups attached to an aromatic ring is 1. The third kappa shape index (κ3) is 2.94. The summed E-state index contributed by atoms with van der Waals surface area (Å²) in [4.78, 5) is 9.63. The molecule has 0 saturated carbocycles. The molecule has 0 unspecified atom stereocenters. The number of aromatic nitrogens is 2. The minimum Gasteiger partial charge on any atom is -0.486 e. The fourth-order valence-electron chi connectivity index (χ4n) is 1.96. The number of benzene rings is 1. The molecule has 0 aliphatic carbocycles. The summed E-state index contributed by atoms with van der Waals surface area (Å²) in [6.45, 7) is 0.216. The van der Waals surface area contributed by atoms with Gasteiger partial charge >= 0.3 is 0 Å². The Balaban J connectivity index is 1.81. The summed E-state index contributed by atoms with van der Waals surface area (Å²) >= 11 is 1.52. The molecular weight excluding hydrogens is 288 g/mol. The highest BCUT2D eigenvalue weighted by atomic mass is 32.1. The van der Waals surface area contributed by atoms with E-state index in [1.807, 2.05) is 29.6 Å². The Labute approximate surface area is 125 Å². The van der Waals surface area contributed by atoms with E-state index in [1.54, 1.807) is 6.07 Å². The first kappa shape index (κ1) is 13.7. The molecule has 0 atom stereocenters. The summed E-state index contributed by atoms with van der Waals surface area (Å²) in [5.74, 6) is 7.29. The molecule has 0 saturated heterocycles. The van der Waals surface area contributed by atoms with Gasteiger partial charge in [0.05, 0.1) is 12.0 Å². The van der Waals surface area contributed by atoms with Crippen molar-refractivity contribution in [2.75, 3.05) is 5.43 Å². The topological polar surface area (TPSA) is 93.3 Å². The zero-order valence-electron chi connectivity index (χ0n) is 11.1. The van der Waals surface area contributed by atoms with Crippen molar-refractivity contribution in [3.63, 3.8) is 0 Å². The lowest BCUT2D eigenvalue weighted by Crippen LogP contribution is -2.11. The summed E-state index contributed by atoms with van der Waals surface area (Å²) in [6, 6.07) is 9.19. The second-order valence-corrected chi connectivity index (χ2v) is 5.26. The van der Waals surface area contributed by atoms with E-state index in [0.29, 0.717) is 17.4 Å². The van der Waals surface area contributed by atoms with Crippen LogP contribution in [0.5, 0.6) is 5.75 Å². The number of nitrogens with one attached hydrogen (secondary N) is 1. The predicted octanol–water partition coefficient (Wildman–Crippen LogP) is 2.05. The molecule has 0 aliphatic rings. The van der Waals surface area contributed by atoms with Gasteiger partial charge in [-0.2, -0.15) is 0 Å². The Morgan fingerprint density at radius 1 is 1.29 bits per heavy atom. The van der Waals surface area contributed by atoms with Crippen LogP contribution in [0.3, 0.4) is 0 Å². The number of nitrogens with zero attached hydrogens (tertiary/aromatic N) is 2. The minimum absolute atomic E-state index is 0.0178. The van der Waals surface area contributed by atoms with E-state index < -0.39 is 0 Å². The van der Waals surface area contributed by atoms with Crippen molar-refractivity contribution in [1.82, 2.24) is 9.97 Å². The van der Waals surface area contributed by atoms with Gasteiger partial charge < -0.3 is 15.3 Å². The number of thiophene rings is 1. The Kier molecular flexibility index (Phi) is 3.96. The lowest BCUT2D eigenvalue weighted by atomic mass is 10.2. The maximum Gasteiger partial charge on any atom is 0.169 e. The number of fused-ring (bicyclic) bond motifs is 1. The zero-order valence-corrected chi connectivity index (χ0v) is 11.9. The molecule has 3 aromatic rings. The molecule has 6 nitrogen and oxygen atoms in total. The highest BCUT2D eigenvalue weighted by molar-refractivity contribution is 7.16. The van der Waals surface area contributed by atoms with Crippen molar-refractivity contribution in [2.24, 2.45) is 5.84 Å². The number of aliphatic hydroxyl groups is 1. The maximum atomic E-state index is 9.11. The van der Waals surface area contributed by atoms with Crippen LogP contribution in [0.15, 0.2) is 35.7 Å². The fourth-order valence-corrected chi connectivity index (χ4v) is 2.74. The van der Waals surface area contributed by atoms with Crippen molar-refractivity contribution < 1.29 is 9.84 Å². The van der Waals surface area contributed by atoms with Gasteiger partial charge in [-0.3, -0.25) is 0 Å². The van der Waals surface area contributed by atoms with Gasteiger partial charge in [-0.15, -0.1) is 11.3 Å². The highest BCUT2D eigenvalue weighted by Gasteiger charge is 2.08. The molecule has 0 bridgehead atoms. The molecule has 0 amide bonds. The number of hydrazine groups is 1. The second-order valence-electron chi connectivity index (χ2n) is 4.37. The van der Waals surface area contributed by atoms with Crippen LogP contribution in [-0.2, 0) is 13.2 Å². The molecule has 2 heterocycles. The van der Waals surface area contributed by atoms with Crippen LogP contribution >= 0.6 is 11.3 Å². The van der Waals surface area contributed by atoms with Gasteiger partial charge in [0.2, 0.25) is 0 Å². The predicted molar refractivity (Wildman–Crippen MR) is 81.9 cm³/mol. The third-order valence-corrected chi connectivity index (χ3v) is 3.76. The molecule has 4 N–H and O–H groups in total. The van der Waals surface area contributed by atoms with Crippen LogP contribution in [0, 0.1) is 0 Å². The number of rotatable bonds is 5. The number of ether oxygens (including phenoxy) is 1. The van der Waals surface area contributed by atoms with Crippen LogP contribution in [-0.4, -0.2) is 15.1 Å². The normalized spacial score (nSPS) is 10.8. The van der Waals surface area contributed by atoms with Gasteiger partial charge in [-0.25, -0.2) is 15.8 Å². The molecule has 7 heteroatoms. The second kappa shape index (κ2) is 6.04. The number of aliphatic hydroxyl groups excluding tert-OH is 1. The van der Waals surface area contributed by atoms with Crippen LogP contribution in [0.25, 0.3) is 10.2 Å². The number of hydrogen-bond donors (Lipinski definition) is 3. The van der Waals surface area contributed by atoms with Crippen LogP contribution < -0.4 is 16.0 Å². The Hall–Kier alpha value is -2.22. The molecule has 3 rings (SSSR count). The average Bonchev–Trinajstić information content (AvgIpc) is 3.00. The third-order valence-electron chi connectivity index (χ3n) is 2.96. The van der Waals surface area contributed by atoms with E-state index in [0.717, 1.165) is 15.8 Å². The molecule has 2 aromatic heterocycles. The van der Waals surface area contributed by atoms with E-state index in [9.17, 15) is 0 Å². The molecule has 108 valence electrons. The summed E-state index contributed by atoms with van der Waals surface area (Å²) in [6.07, 6.45) is 0. The first-order valence-corrected chi connectivity index (χ1v) is 7.21. The molecule has 0 aliphatic heterocycles. The lowest BCUT2D eigenvalue weighted by molar-refractivity contribution is 0.276.